The minimum absolute atomic E-state index is 0.0465. The van der Waals surface area contributed by atoms with Gasteiger partial charge in [0.25, 0.3) is 0 Å². The smallest absolute Gasteiger partial charge is 0.230 e. The van der Waals surface area contributed by atoms with E-state index in [0.29, 0.717) is 5.75 Å². The fourth-order valence-electron chi connectivity index (χ4n) is 1.94. The maximum absolute atomic E-state index is 11.9. The Morgan fingerprint density at radius 3 is 2.67 bits per heavy atom. The molecule has 0 aliphatic rings. The van der Waals surface area contributed by atoms with Gasteiger partial charge >= 0.3 is 0 Å². The molecule has 1 N–H and O–H groups in total. The van der Waals surface area contributed by atoms with Crippen LogP contribution in [0.2, 0.25) is 0 Å². The first kappa shape index (κ1) is 15.6. The fourth-order valence-corrected chi connectivity index (χ4v) is 2.73. The molecule has 1 atom stereocenters. The number of amides is 1. The molecule has 3 nitrogen and oxygen atoms in total. The molecule has 110 valence electrons. The second-order valence-electron chi connectivity index (χ2n) is 5.02. The Balaban J connectivity index is 1.73. The predicted molar refractivity (Wildman–Crippen MR) is 88.1 cm³/mol. The summed E-state index contributed by atoms with van der Waals surface area (Å²) in [6.45, 7) is 4.02. The normalized spacial score (nSPS) is 11.9. The van der Waals surface area contributed by atoms with E-state index in [4.69, 9.17) is 0 Å². The number of benzene rings is 1. The van der Waals surface area contributed by atoms with Gasteiger partial charge in [-0.1, -0.05) is 35.9 Å². The average molecular weight is 300 g/mol. The molecule has 0 saturated heterocycles. The van der Waals surface area contributed by atoms with Gasteiger partial charge in [0.05, 0.1) is 17.5 Å². The van der Waals surface area contributed by atoms with E-state index in [1.807, 2.05) is 25.1 Å². The van der Waals surface area contributed by atoms with Crippen molar-refractivity contribution in [2.24, 2.45) is 0 Å². The zero-order chi connectivity index (χ0) is 15.1. The Hall–Kier alpha value is -1.81. The van der Waals surface area contributed by atoms with E-state index in [1.165, 1.54) is 11.1 Å². The maximum Gasteiger partial charge on any atom is 0.230 e. The van der Waals surface area contributed by atoms with Crippen LogP contribution in [0.15, 0.2) is 48.7 Å². The van der Waals surface area contributed by atoms with Gasteiger partial charge in [0.2, 0.25) is 5.91 Å². The molecule has 0 fully saturated rings. The zero-order valence-electron chi connectivity index (χ0n) is 12.4. The minimum Gasteiger partial charge on any atom is -0.347 e. The van der Waals surface area contributed by atoms with Crippen LogP contribution in [0.1, 0.15) is 29.8 Å². The predicted octanol–water partition coefficient (Wildman–Crippen LogP) is 3.50. The molecule has 1 aromatic heterocycles. The standard InChI is InChI=1S/C17H20N2OS/c1-13-6-8-15(9-7-13)11-21-12-17(20)19-14(2)16-5-3-4-10-18-16/h3-10,14H,11-12H2,1-2H3,(H,19,20). The molecule has 2 aromatic rings. The van der Waals surface area contributed by atoms with Crippen molar-refractivity contribution in [3.8, 4) is 0 Å². The fraction of sp³-hybridized carbons (Fsp3) is 0.294. The van der Waals surface area contributed by atoms with Crippen LogP contribution < -0.4 is 5.32 Å². The highest BCUT2D eigenvalue weighted by Crippen LogP contribution is 2.14. The minimum atomic E-state index is -0.0568. The van der Waals surface area contributed by atoms with Gasteiger partial charge in [-0.2, -0.15) is 0 Å². The summed E-state index contributed by atoms with van der Waals surface area (Å²) < 4.78 is 0. The maximum atomic E-state index is 11.9. The number of aromatic nitrogens is 1. The van der Waals surface area contributed by atoms with Crippen LogP contribution in [0.25, 0.3) is 0 Å². The van der Waals surface area contributed by atoms with E-state index >= 15 is 0 Å². The van der Waals surface area contributed by atoms with E-state index in [-0.39, 0.29) is 11.9 Å². The molecule has 4 heteroatoms. The van der Waals surface area contributed by atoms with Crippen molar-refractivity contribution >= 4 is 17.7 Å². The van der Waals surface area contributed by atoms with Crippen LogP contribution in [-0.4, -0.2) is 16.6 Å². The van der Waals surface area contributed by atoms with Crippen molar-refractivity contribution in [3.63, 3.8) is 0 Å². The second kappa shape index (κ2) is 7.84. The number of carbonyl (C=O) groups excluding carboxylic acids is 1. The third-order valence-electron chi connectivity index (χ3n) is 3.13. The summed E-state index contributed by atoms with van der Waals surface area (Å²) in [7, 11) is 0. The van der Waals surface area contributed by atoms with Crippen LogP contribution in [-0.2, 0) is 10.5 Å². The molecular formula is C17H20N2OS. The number of hydrogen-bond donors (Lipinski definition) is 1. The van der Waals surface area contributed by atoms with Crippen molar-refractivity contribution in [1.82, 2.24) is 10.3 Å². The largest absolute Gasteiger partial charge is 0.347 e. The molecule has 0 spiro atoms. The Kier molecular flexibility index (Phi) is 5.81. The van der Waals surface area contributed by atoms with Crippen LogP contribution in [0.5, 0.6) is 0 Å². The van der Waals surface area contributed by atoms with Gasteiger partial charge in [-0.05, 0) is 31.5 Å². The first-order valence-electron chi connectivity index (χ1n) is 6.99. The average Bonchev–Trinajstić information content (AvgIpc) is 2.50. The van der Waals surface area contributed by atoms with Gasteiger partial charge < -0.3 is 5.32 Å². The van der Waals surface area contributed by atoms with E-state index < -0.39 is 0 Å². The number of rotatable bonds is 6. The summed E-state index contributed by atoms with van der Waals surface area (Å²) in [6.07, 6.45) is 1.74. The first-order valence-corrected chi connectivity index (χ1v) is 8.14. The summed E-state index contributed by atoms with van der Waals surface area (Å²) >= 11 is 1.63. The molecule has 21 heavy (non-hydrogen) atoms. The Morgan fingerprint density at radius 1 is 1.24 bits per heavy atom. The topological polar surface area (TPSA) is 42.0 Å². The van der Waals surface area contributed by atoms with Crippen molar-refractivity contribution in [2.45, 2.75) is 25.6 Å². The lowest BCUT2D eigenvalue weighted by atomic mass is 10.2. The molecule has 0 bridgehead atoms. The highest BCUT2D eigenvalue weighted by Gasteiger charge is 2.10. The molecule has 1 amide bonds. The Morgan fingerprint density at radius 2 is 2.00 bits per heavy atom. The van der Waals surface area contributed by atoms with Gasteiger partial charge in [-0.15, -0.1) is 11.8 Å². The number of hydrogen-bond acceptors (Lipinski definition) is 3. The highest BCUT2D eigenvalue weighted by molar-refractivity contribution is 7.99. The van der Waals surface area contributed by atoms with E-state index in [9.17, 15) is 4.79 Å². The first-order chi connectivity index (χ1) is 10.1. The quantitative estimate of drug-likeness (QED) is 0.888. The lowest BCUT2D eigenvalue weighted by Gasteiger charge is -2.13. The second-order valence-corrected chi connectivity index (χ2v) is 6.01. The monoisotopic (exact) mass is 300 g/mol. The van der Waals surface area contributed by atoms with E-state index in [0.717, 1.165) is 11.4 Å². The Labute approximate surface area is 130 Å². The summed E-state index contributed by atoms with van der Waals surface area (Å²) in [4.78, 5) is 16.2. The summed E-state index contributed by atoms with van der Waals surface area (Å²) in [5, 5.41) is 2.97. The lowest BCUT2D eigenvalue weighted by molar-refractivity contribution is -0.119. The highest BCUT2D eigenvalue weighted by atomic mass is 32.2. The van der Waals surface area contributed by atoms with Gasteiger partial charge in [0, 0.05) is 11.9 Å². The van der Waals surface area contributed by atoms with Gasteiger partial charge in [-0.25, -0.2) is 0 Å². The van der Waals surface area contributed by atoms with Crippen LogP contribution in [0.3, 0.4) is 0 Å². The molecular weight excluding hydrogens is 280 g/mol. The summed E-state index contributed by atoms with van der Waals surface area (Å²) in [5.74, 6) is 1.36. The van der Waals surface area contributed by atoms with Crippen molar-refractivity contribution in [3.05, 3.63) is 65.5 Å². The molecule has 0 saturated carbocycles. The van der Waals surface area contributed by atoms with Crippen LogP contribution >= 0.6 is 11.8 Å². The number of pyridine rings is 1. The van der Waals surface area contributed by atoms with Crippen LogP contribution in [0, 0.1) is 6.92 Å². The molecule has 0 aliphatic heterocycles. The van der Waals surface area contributed by atoms with E-state index in [1.54, 1.807) is 18.0 Å². The third kappa shape index (κ3) is 5.23. The molecule has 1 unspecified atom stereocenters. The number of nitrogens with zero attached hydrogens (tertiary/aromatic N) is 1. The van der Waals surface area contributed by atoms with E-state index in [2.05, 4.69) is 41.5 Å². The molecule has 2 rings (SSSR count). The molecule has 0 aliphatic carbocycles. The third-order valence-corrected chi connectivity index (χ3v) is 4.14. The SMILES string of the molecule is Cc1ccc(CSCC(=O)NC(C)c2ccccn2)cc1. The van der Waals surface area contributed by atoms with Crippen molar-refractivity contribution < 1.29 is 4.79 Å². The van der Waals surface area contributed by atoms with Crippen molar-refractivity contribution in [1.29, 1.82) is 0 Å². The van der Waals surface area contributed by atoms with Gasteiger partial charge in [-0.3, -0.25) is 9.78 Å². The number of thioether (sulfide) groups is 1. The molecule has 1 aromatic carbocycles. The lowest BCUT2D eigenvalue weighted by Crippen LogP contribution is -2.28. The van der Waals surface area contributed by atoms with Gasteiger partial charge in [0.1, 0.15) is 0 Å². The molecule has 1 heterocycles. The number of aryl methyl sites for hydroxylation is 1. The van der Waals surface area contributed by atoms with Crippen LogP contribution in [0.4, 0.5) is 0 Å². The number of nitrogens with one attached hydrogen (secondary N) is 1. The van der Waals surface area contributed by atoms with Gasteiger partial charge in [0.15, 0.2) is 0 Å². The molecule has 0 radical (unpaired) electrons. The summed E-state index contributed by atoms with van der Waals surface area (Å²) in [6, 6.07) is 14.1. The Bertz CT molecular complexity index is 569. The zero-order valence-corrected chi connectivity index (χ0v) is 13.2. The summed E-state index contributed by atoms with van der Waals surface area (Å²) in [5.41, 5.74) is 3.39. The van der Waals surface area contributed by atoms with Crippen molar-refractivity contribution in [2.75, 3.05) is 5.75 Å². The number of carbonyl (C=O) groups is 1.